The normalized spacial score (nSPS) is 20.7. The maximum Gasteiger partial charge on any atom is 0.243 e. The van der Waals surface area contributed by atoms with Crippen molar-refractivity contribution in [3.05, 3.63) is 23.3 Å². The first-order chi connectivity index (χ1) is 10.9. The van der Waals surface area contributed by atoms with Gasteiger partial charge in [0.2, 0.25) is 10.0 Å². The molecule has 0 atom stereocenters. The van der Waals surface area contributed by atoms with Gasteiger partial charge in [0.15, 0.2) is 0 Å². The Balaban J connectivity index is 1.75. The summed E-state index contributed by atoms with van der Waals surface area (Å²) in [5.41, 5.74) is 1.59. The van der Waals surface area contributed by atoms with Gasteiger partial charge in [-0.15, -0.1) is 0 Å². The zero-order chi connectivity index (χ0) is 16.6. The van der Waals surface area contributed by atoms with E-state index >= 15 is 0 Å². The van der Waals surface area contributed by atoms with Gasteiger partial charge in [-0.25, -0.2) is 8.42 Å². The van der Waals surface area contributed by atoms with Gasteiger partial charge < -0.3 is 9.64 Å². The van der Waals surface area contributed by atoms with Crippen LogP contribution in [0, 0.1) is 19.8 Å². The predicted octanol–water partition coefficient (Wildman–Crippen LogP) is 2.03. The van der Waals surface area contributed by atoms with Gasteiger partial charge in [0.25, 0.3) is 0 Å². The first kappa shape index (κ1) is 16.7. The number of aryl methyl sites for hydroxylation is 2. The molecule has 0 N–H and O–H groups in total. The molecular formula is C17H26N2O3S. The lowest BCUT2D eigenvalue weighted by molar-refractivity contribution is 0.182. The first-order valence-corrected chi connectivity index (χ1v) is 9.73. The van der Waals surface area contributed by atoms with E-state index in [-0.39, 0.29) is 0 Å². The Morgan fingerprint density at radius 1 is 1.09 bits per heavy atom. The quantitative estimate of drug-likeness (QED) is 0.824. The number of sulfonamides is 1. The number of rotatable bonds is 5. The second kappa shape index (κ2) is 6.42. The van der Waals surface area contributed by atoms with Crippen molar-refractivity contribution in [1.82, 2.24) is 9.21 Å². The Labute approximate surface area is 139 Å². The molecule has 2 aliphatic rings. The highest BCUT2D eigenvalue weighted by Crippen LogP contribution is 2.31. The molecule has 3 rings (SSSR count). The first-order valence-electron chi connectivity index (χ1n) is 8.29. The molecule has 5 nitrogen and oxygen atoms in total. The Hall–Kier alpha value is -1.11. The molecule has 1 aromatic carbocycles. The lowest BCUT2D eigenvalue weighted by atomic mass is 10.1. The topological polar surface area (TPSA) is 49.9 Å². The SMILES string of the molecule is COc1cc(C)c(S(=O)(=O)N2CCN(CC3CC3)CC2)cc1C. The van der Waals surface area contributed by atoms with Crippen LogP contribution in [-0.4, -0.2) is 57.5 Å². The molecule has 0 aromatic heterocycles. The maximum absolute atomic E-state index is 13.0. The number of hydrogen-bond acceptors (Lipinski definition) is 4. The zero-order valence-electron chi connectivity index (χ0n) is 14.2. The number of ether oxygens (including phenoxy) is 1. The molecule has 1 aliphatic carbocycles. The van der Waals surface area contributed by atoms with Crippen molar-refractivity contribution in [3.8, 4) is 5.75 Å². The van der Waals surface area contributed by atoms with Gasteiger partial charge in [-0.3, -0.25) is 0 Å². The van der Waals surface area contributed by atoms with Crippen molar-refractivity contribution in [2.75, 3.05) is 39.8 Å². The number of hydrogen-bond donors (Lipinski definition) is 0. The fraction of sp³-hybridized carbons (Fsp3) is 0.647. The fourth-order valence-electron chi connectivity index (χ4n) is 3.22. The molecule has 1 heterocycles. The molecule has 2 fully saturated rings. The highest BCUT2D eigenvalue weighted by atomic mass is 32.2. The molecule has 128 valence electrons. The van der Waals surface area contributed by atoms with Crippen molar-refractivity contribution in [1.29, 1.82) is 0 Å². The van der Waals surface area contributed by atoms with E-state index in [1.54, 1.807) is 17.5 Å². The summed E-state index contributed by atoms with van der Waals surface area (Å²) in [7, 11) is -1.82. The predicted molar refractivity (Wildman–Crippen MR) is 90.4 cm³/mol. The number of piperazine rings is 1. The van der Waals surface area contributed by atoms with Crippen LogP contribution < -0.4 is 4.74 Å². The van der Waals surface area contributed by atoms with Crippen molar-refractivity contribution in [3.63, 3.8) is 0 Å². The van der Waals surface area contributed by atoms with Crippen LogP contribution >= 0.6 is 0 Å². The summed E-state index contributed by atoms with van der Waals surface area (Å²) in [6.07, 6.45) is 2.67. The van der Waals surface area contributed by atoms with Crippen molar-refractivity contribution in [2.45, 2.75) is 31.6 Å². The van der Waals surface area contributed by atoms with Crippen LogP contribution in [0.5, 0.6) is 5.75 Å². The summed E-state index contributed by atoms with van der Waals surface area (Å²) >= 11 is 0. The van der Waals surface area contributed by atoms with Gasteiger partial charge >= 0.3 is 0 Å². The summed E-state index contributed by atoms with van der Waals surface area (Å²) in [4.78, 5) is 2.81. The van der Waals surface area contributed by atoms with Crippen LogP contribution in [0.15, 0.2) is 17.0 Å². The molecule has 0 radical (unpaired) electrons. The third-order valence-corrected chi connectivity index (χ3v) is 6.90. The number of nitrogens with zero attached hydrogens (tertiary/aromatic N) is 2. The number of methoxy groups -OCH3 is 1. The summed E-state index contributed by atoms with van der Waals surface area (Å²) in [6.45, 7) is 7.69. The Bertz CT molecular complexity index is 675. The van der Waals surface area contributed by atoms with Crippen LogP contribution in [0.25, 0.3) is 0 Å². The van der Waals surface area contributed by atoms with E-state index in [9.17, 15) is 8.42 Å². The van der Waals surface area contributed by atoms with E-state index in [1.807, 2.05) is 19.9 Å². The molecule has 0 amide bonds. The highest BCUT2D eigenvalue weighted by Gasteiger charge is 2.32. The van der Waals surface area contributed by atoms with Crippen LogP contribution in [0.4, 0.5) is 0 Å². The number of benzene rings is 1. The Morgan fingerprint density at radius 2 is 1.74 bits per heavy atom. The smallest absolute Gasteiger partial charge is 0.243 e. The molecule has 1 aromatic rings. The molecule has 0 spiro atoms. The Morgan fingerprint density at radius 3 is 2.30 bits per heavy atom. The van der Waals surface area contributed by atoms with E-state index in [0.717, 1.165) is 42.4 Å². The van der Waals surface area contributed by atoms with Gasteiger partial charge in [-0.2, -0.15) is 4.31 Å². The Kier molecular flexibility index (Phi) is 4.67. The standard InChI is InChI=1S/C17H26N2O3S/c1-13-11-17(14(2)10-16(13)22-3)23(20,21)19-8-6-18(7-9-19)12-15-4-5-15/h10-11,15H,4-9,12H2,1-3H3. The molecule has 0 unspecified atom stereocenters. The van der Waals surface area contributed by atoms with E-state index in [4.69, 9.17) is 4.74 Å². The van der Waals surface area contributed by atoms with Gasteiger partial charge in [0.05, 0.1) is 12.0 Å². The lowest BCUT2D eigenvalue weighted by Crippen LogP contribution is -2.49. The minimum Gasteiger partial charge on any atom is -0.496 e. The second-order valence-corrected chi connectivity index (χ2v) is 8.64. The van der Waals surface area contributed by atoms with E-state index < -0.39 is 10.0 Å². The molecule has 1 saturated carbocycles. The van der Waals surface area contributed by atoms with Crippen molar-refractivity contribution >= 4 is 10.0 Å². The van der Waals surface area contributed by atoms with E-state index in [0.29, 0.717) is 18.0 Å². The summed E-state index contributed by atoms with van der Waals surface area (Å²) < 4.78 is 32.8. The van der Waals surface area contributed by atoms with Crippen molar-refractivity contribution < 1.29 is 13.2 Å². The second-order valence-electron chi connectivity index (χ2n) is 6.74. The van der Waals surface area contributed by atoms with Gasteiger partial charge in [-0.05, 0) is 55.9 Å². The minimum atomic E-state index is -3.43. The maximum atomic E-state index is 13.0. The lowest BCUT2D eigenvalue weighted by Gasteiger charge is -2.34. The average molecular weight is 338 g/mol. The fourth-order valence-corrected chi connectivity index (χ4v) is 4.93. The molecule has 6 heteroatoms. The molecule has 1 aliphatic heterocycles. The monoisotopic (exact) mass is 338 g/mol. The molecule has 23 heavy (non-hydrogen) atoms. The van der Waals surface area contributed by atoms with Crippen LogP contribution in [0.2, 0.25) is 0 Å². The summed E-state index contributed by atoms with van der Waals surface area (Å²) in [5, 5.41) is 0. The van der Waals surface area contributed by atoms with Gasteiger partial charge in [-0.1, -0.05) is 0 Å². The van der Waals surface area contributed by atoms with Crippen LogP contribution in [-0.2, 0) is 10.0 Å². The average Bonchev–Trinajstić information content (AvgIpc) is 3.33. The van der Waals surface area contributed by atoms with E-state index in [2.05, 4.69) is 4.90 Å². The summed E-state index contributed by atoms with van der Waals surface area (Å²) in [6, 6.07) is 3.55. The third-order valence-electron chi connectivity index (χ3n) is 4.85. The summed E-state index contributed by atoms with van der Waals surface area (Å²) in [5.74, 6) is 1.58. The van der Waals surface area contributed by atoms with Crippen LogP contribution in [0.3, 0.4) is 0 Å². The van der Waals surface area contributed by atoms with Crippen molar-refractivity contribution in [2.24, 2.45) is 5.92 Å². The largest absolute Gasteiger partial charge is 0.496 e. The van der Waals surface area contributed by atoms with E-state index in [1.165, 1.54) is 12.8 Å². The van der Waals surface area contributed by atoms with Gasteiger partial charge in [0, 0.05) is 32.7 Å². The minimum absolute atomic E-state index is 0.409. The zero-order valence-corrected chi connectivity index (χ0v) is 15.0. The van der Waals surface area contributed by atoms with Gasteiger partial charge in [0.1, 0.15) is 5.75 Å². The molecule has 0 bridgehead atoms. The van der Waals surface area contributed by atoms with Crippen LogP contribution in [0.1, 0.15) is 24.0 Å². The molecule has 1 saturated heterocycles. The molecular weight excluding hydrogens is 312 g/mol. The third kappa shape index (κ3) is 3.54. The highest BCUT2D eigenvalue weighted by molar-refractivity contribution is 7.89.